The highest BCUT2D eigenvalue weighted by Gasteiger charge is 2.16. The Bertz CT molecular complexity index is 248. The number of ether oxygens (including phenoxy) is 1. The van der Waals surface area contributed by atoms with Gasteiger partial charge >= 0.3 is 5.97 Å². The van der Waals surface area contributed by atoms with Crippen LogP contribution < -0.4 is 0 Å². The average Bonchev–Trinajstić information content (AvgIpc) is 2.15. The maximum absolute atomic E-state index is 10.3. The van der Waals surface area contributed by atoms with Crippen molar-refractivity contribution in [3.8, 4) is 0 Å². The Balaban J connectivity index is -0.000000197. The second-order valence-corrected chi connectivity index (χ2v) is 9.53. The van der Waals surface area contributed by atoms with Crippen molar-refractivity contribution in [2.24, 2.45) is 0 Å². The summed E-state index contributed by atoms with van der Waals surface area (Å²) in [7, 11) is 1.18. The van der Waals surface area contributed by atoms with E-state index in [1.54, 1.807) is 0 Å². The molecule has 0 aromatic carbocycles. The Morgan fingerprint density at radius 1 is 1.00 bits per heavy atom. The summed E-state index contributed by atoms with van der Waals surface area (Å²) in [6.45, 7) is 8.75. The van der Waals surface area contributed by atoms with Gasteiger partial charge < -0.3 is 9.16 Å². The van der Waals surface area contributed by atoms with E-state index in [2.05, 4.69) is 8.92 Å². The quantitative estimate of drug-likeness (QED) is 0.568. The normalized spacial score (nSPS) is 10.9. The fraction of sp³-hybridized carbons (Fsp3) is 0.800. The molecule has 110 valence electrons. The molecule has 1 unspecified atom stereocenters. The zero-order chi connectivity index (χ0) is 15.4. The van der Waals surface area contributed by atoms with Crippen LogP contribution in [0.15, 0.2) is 0 Å². The largest absolute Gasteiger partial charge is 0.520 e. The molecular weight excluding hydrogens is 276 g/mol. The lowest BCUT2D eigenvalue weighted by Crippen LogP contribution is -2.27. The molecule has 1 atom stereocenters. The van der Waals surface area contributed by atoms with Crippen LogP contribution in [0.5, 0.6) is 0 Å². The Labute approximate surface area is 113 Å². The first kappa shape index (κ1) is 22.4. The van der Waals surface area contributed by atoms with Crippen molar-refractivity contribution in [1.29, 1.82) is 0 Å². The van der Waals surface area contributed by atoms with Crippen molar-refractivity contribution in [2.45, 2.75) is 33.5 Å². The molecule has 0 aliphatic rings. The molecule has 0 amide bonds. The standard InChI is InChI=1S/C5H12O2Si.C3H6O2.C2H6O2S/c1-5(6)7-8(2,3)4;1-3(4)5-2;1-4-5(2)3/h1-4H3;2*1-2H3. The van der Waals surface area contributed by atoms with Gasteiger partial charge in [-0.1, -0.05) is 0 Å². The van der Waals surface area contributed by atoms with E-state index in [1.165, 1.54) is 34.3 Å². The Morgan fingerprint density at radius 3 is 1.28 bits per heavy atom. The van der Waals surface area contributed by atoms with Gasteiger partial charge in [-0.3, -0.25) is 13.8 Å². The lowest BCUT2D eigenvalue weighted by molar-refractivity contribution is -0.138. The van der Waals surface area contributed by atoms with Gasteiger partial charge in [0.15, 0.2) is 11.1 Å². The maximum Gasteiger partial charge on any atom is 0.302 e. The van der Waals surface area contributed by atoms with E-state index in [4.69, 9.17) is 4.43 Å². The lowest BCUT2D eigenvalue weighted by atomic mass is 10.8. The van der Waals surface area contributed by atoms with Crippen LogP contribution in [-0.4, -0.2) is 44.9 Å². The molecule has 0 aliphatic heterocycles. The second kappa shape index (κ2) is 12.7. The van der Waals surface area contributed by atoms with Crippen molar-refractivity contribution in [3.05, 3.63) is 0 Å². The van der Waals surface area contributed by atoms with Crippen molar-refractivity contribution in [3.63, 3.8) is 0 Å². The topological polar surface area (TPSA) is 78.9 Å². The third kappa shape index (κ3) is 45.5. The van der Waals surface area contributed by atoms with E-state index in [-0.39, 0.29) is 11.9 Å². The van der Waals surface area contributed by atoms with Gasteiger partial charge in [0, 0.05) is 20.1 Å². The molecule has 0 saturated heterocycles. The first-order valence-corrected chi connectivity index (χ1v) is 9.97. The fourth-order valence-electron chi connectivity index (χ4n) is 0.431. The van der Waals surface area contributed by atoms with Gasteiger partial charge in [-0.25, -0.2) is 4.21 Å². The highest BCUT2D eigenvalue weighted by Crippen LogP contribution is 2.01. The molecule has 0 bridgehead atoms. The van der Waals surface area contributed by atoms with Crippen LogP contribution in [0.3, 0.4) is 0 Å². The number of hydrogen-bond donors (Lipinski definition) is 0. The summed E-state index contributed by atoms with van der Waals surface area (Å²) < 4.78 is 23.0. The van der Waals surface area contributed by atoms with Gasteiger partial charge in [0.2, 0.25) is 8.32 Å². The van der Waals surface area contributed by atoms with E-state index in [0.717, 1.165) is 0 Å². The van der Waals surface area contributed by atoms with Crippen LogP contribution in [-0.2, 0) is 34.0 Å². The van der Waals surface area contributed by atoms with Crippen LogP contribution >= 0.6 is 0 Å². The van der Waals surface area contributed by atoms with Gasteiger partial charge in [-0.15, -0.1) is 0 Å². The Kier molecular flexibility index (Phi) is 15.9. The minimum absolute atomic E-state index is 0.163. The molecular formula is C10H24O6SSi. The highest BCUT2D eigenvalue weighted by atomic mass is 32.2. The van der Waals surface area contributed by atoms with Gasteiger partial charge in [0.1, 0.15) is 0 Å². The van der Waals surface area contributed by atoms with Gasteiger partial charge in [0.05, 0.1) is 14.2 Å². The molecule has 0 rings (SSSR count). The Hall–Kier alpha value is -0.733. The van der Waals surface area contributed by atoms with Crippen LogP contribution in [0.1, 0.15) is 13.8 Å². The molecule has 0 fully saturated rings. The summed E-state index contributed by atoms with van der Waals surface area (Å²) in [6.07, 6.45) is 1.47. The van der Waals surface area contributed by atoms with E-state index in [1.807, 2.05) is 19.6 Å². The molecule has 8 heteroatoms. The summed E-state index contributed by atoms with van der Waals surface area (Å²) >= 11 is -1.07. The van der Waals surface area contributed by atoms with Crippen molar-refractivity contribution >= 4 is 31.3 Å². The molecule has 6 nitrogen and oxygen atoms in total. The summed E-state index contributed by atoms with van der Waals surface area (Å²) in [5.74, 6) is -0.408. The molecule has 0 aromatic heterocycles. The average molecular weight is 300 g/mol. The minimum atomic E-state index is -1.57. The SMILES string of the molecule is CC(=O)O[Si](C)(C)C.COC(C)=O.COS(C)=O. The second-order valence-electron chi connectivity index (χ2n) is 3.97. The fourth-order valence-corrected chi connectivity index (χ4v) is 1.29. The van der Waals surface area contributed by atoms with Gasteiger partial charge in [-0.05, 0) is 19.6 Å². The molecule has 0 aliphatic carbocycles. The van der Waals surface area contributed by atoms with Crippen LogP contribution in [0, 0.1) is 0 Å². The monoisotopic (exact) mass is 300 g/mol. The molecule has 0 saturated carbocycles. The van der Waals surface area contributed by atoms with E-state index in [0.29, 0.717) is 0 Å². The van der Waals surface area contributed by atoms with Crippen molar-refractivity contribution < 1.29 is 27.1 Å². The number of carbonyl (C=O) groups is 2. The third-order valence-electron chi connectivity index (χ3n) is 0.972. The van der Waals surface area contributed by atoms with Gasteiger partial charge in [0.25, 0.3) is 5.97 Å². The lowest BCUT2D eigenvalue weighted by Gasteiger charge is -2.14. The number of hydrogen-bond acceptors (Lipinski definition) is 6. The molecule has 18 heavy (non-hydrogen) atoms. The van der Waals surface area contributed by atoms with E-state index >= 15 is 0 Å². The number of esters is 1. The molecule has 0 aromatic rings. The summed E-state index contributed by atoms with van der Waals surface area (Å²) in [5, 5.41) is 0. The predicted octanol–water partition coefficient (Wildman–Crippen LogP) is 1.49. The first-order valence-electron chi connectivity index (χ1n) is 5.08. The van der Waals surface area contributed by atoms with Crippen LogP contribution in [0.4, 0.5) is 0 Å². The number of rotatable bonds is 2. The van der Waals surface area contributed by atoms with Crippen molar-refractivity contribution in [2.75, 3.05) is 20.5 Å². The molecule has 0 heterocycles. The van der Waals surface area contributed by atoms with E-state index in [9.17, 15) is 13.8 Å². The molecule has 0 N–H and O–H groups in total. The third-order valence-corrected chi connectivity index (χ3v) is 2.34. The maximum atomic E-state index is 10.3. The predicted molar refractivity (Wildman–Crippen MR) is 73.9 cm³/mol. The van der Waals surface area contributed by atoms with Crippen molar-refractivity contribution in [1.82, 2.24) is 0 Å². The zero-order valence-electron chi connectivity index (χ0n) is 12.4. The molecule has 0 spiro atoms. The highest BCUT2D eigenvalue weighted by molar-refractivity contribution is 7.79. The number of carbonyl (C=O) groups excluding carboxylic acids is 2. The van der Waals surface area contributed by atoms with Crippen LogP contribution in [0.25, 0.3) is 0 Å². The van der Waals surface area contributed by atoms with E-state index < -0.39 is 19.4 Å². The first-order chi connectivity index (χ1) is 7.96. The summed E-state index contributed by atoms with van der Waals surface area (Å²) in [6, 6.07) is 0. The molecule has 0 radical (unpaired) electrons. The summed E-state index contributed by atoms with van der Waals surface area (Å²) in [5.41, 5.74) is 0. The summed E-state index contributed by atoms with van der Waals surface area (Å²) in [4.78, 5) is 19.9. The smallest absolute Gasteiger partial charge is 0.302 e. The minimum Gasteiger partial charge on any atom is -0.520 e. The zero-order valence-corrected chi connectivity index (χ0v) is 14.2. The van der Waals surface area contributed by atoms with Gasteiger partial charge in [-0.2, -0.15) is 0 Å². The number of methoxy groups -OCH3 is 1. The Morgan fingerprint density at radius 2 is 1.28 bits per heavy atom. The van der Waals surface area contributed by atoms with Crippen LogP contribution in [0.2, 0.25) is 19.6 Å².